The Morgan fingerprint density at radius 3 is 2.60 bits per heavy atom. The van der Waals surface area contributed by atoms with Gasteiger partial charge in [-0.3, -0.25) is 20.4 Å². The first kappa shape index (κ1) is 19.0. The van der Waals surface area contributed by atoms with Gasteiger partial charge in [-0.25, -0.2) is 8.78 Å². The Hall–Kier alpha value is -2.32. The summed E-state index contributed by atoms with van der Waals surface area (Å²) >= 11 is 6.71. The van der Waals surface area contributed by atoms with Gasteiger partial charge in [0.15, 0.2) is 0 Å². The zero-order valence-electron chi connectivity index (χ0n) is 12.9. The maximum atomic E-state index is 13.5. The van der Waals surface area contributed by atoms with Crippen molar-refractivity contribution in [2.75, 3.05) is 12.9 Å². The highest BCUT2D eigenvalue weighted by Crippen LogP contribution is 2.23. The molecule has 2 aromatic carbocycles. The highest BCUT2D eigenvalue weighted by Gasteiger charge is 2.14. The maximum Gasteiger partial charge on any atom is 0.273 e. The number of amides is 2. The molecule has 0 atom stereocenters. The van der Waals surface area contributed by atoms with Crippen LogP contribution in [0.5, 0.6) is 5.75 Å². The van der Waals surface area contributed by atoms with Crippen molar-refractivity contribution in [3.63, 3.8) is 0 Å². The van der Waals surface area contributed by atoms with Crippen molar-refractivity contribution in [3.8, 4) is 5.75 Å². The molecule has 9 heteroatoms. The van der Waals surface area contributed by atoms with Gasteiger partial charge in [0.25, 0.3) is 5.91 Å². The number of hydrogen-bond donors (Lipinski definition) is 2. The minimum Gasteiger partial charge on any atom is -0.496 e. The van der Waals surface area contributed by atoms with E-state index >= 15 is 0 Å². The average molecular weight is 387 g/mol. The van der Waals surface area contributed by atoms with E-state index in [1.807, 2.05) is 0 Å². The van der Waals surface area contributed by atoms with E-state index in [9.17, 15) is 18.4 Å². The fourth-order valence-corrected chi connectivity index (χ4v) is 2.72. The van der Waals surface area contributed by atoms with Gasteiger partial charge in [-0.15, -0.1) is 11.8 Å². The number of methoxy groups -OCH3 is 1. The van der Waals surface area contributed by atoms with Gasteiger partial charge in [-0.1, -0.05) is 11.6 Å². The van der Waals surface area contributed by atoms with Crippen LogP contribution in [-0.4, -0.2) is 24.7 Å². The molecule has 132 valence electrons. The SMILES string of the molecule is COc1ccc(Cl)cc1C(=O)NNC(=O)CSc1ccc(F)cc1F. The lowest BCUT2D eigenvalue weighted by molar-refractivity contribution is -0.119. The Bertz CT molecular complexity index is 805. The number of halogens is 3. The third-order valence-electron chi connectivity index (χ3n) is 2.97. The number of benzene rings is 2. The molecule has 2 amide bonds. The van der Waals surface area contributed by atoms with Crippen LogP contribution < -0.4 is 15.6 Å². The maximum absolute atomic E-state index is 13.5. The number of carbonyl (C=O) groups is 2. The van der Waals surface area contributed by atoms with E-state index < -0.39 is 23.4 Å². The van der Waals surface area contributed by atoms with Crippen molar-refractivity contribution in [3.05, 3.63) is 58.6 Å². The minimum absolute atomic E-state index is 0.124. The molecule has 0 spiro atoms. The molecule has 2 rings (SSSR count). The number of hydrazine groups is 1. The smallest absolute Gasteiger partial charge is 0.273 e. The predicted molar refractivity (Wildman–Crippen MR) is 90.7 cm³/mol. The van der Waals surface area contributed by atoms with Crippen molar-refractivity contribution in [1.82, 2.24) is 10.9 Å². The van der Waals surface area contributed by atoms with Gasteiger partial charge in [0, 0.05) is 16.0 Å². The summed E-state index contributed by atoms with van der Waals surface area (Å²) in [5.74, 6) is -2.53. The Labute approximate surface area is 151 Å². The zero-order chi connectivity index (χ0) is 18.4. The monoisotopic (exact) mass is 386 g/mol. The molecule has 5 nitrogen and oxygen atoms in total. The largest absolute Gasteiger partial charge is 0.496 e. The molecule has 0 unspecified atom stereocenters. The number of ether oxygens (including phenoxy) is 1. The number of hydrogen-bond acceptors (Lipinski definition) is 4. The number of thioether (sulfide) groups is 1. The van der Waals surface area contributed by atoms with Crippen LogP contribution in [0, 0.1) is 11.6 Å². The molecule has 25 heavy (non-hydrogen) atoms. The van der Waals surface area contributed by atoms with E-state index in [1.54, 1.807) is 6.07 Å². The minimum atomic E-state index is -0.759. The van der Waals surface area contributed by atoms with Crippen LogP contribution >= 0.6 is 23.4 Å². The molecule has 2 N–H and O–H groups in total. The van der Waals surface area contributed by atoms with Crippen molar-refractivity contribution in [2.24, 2.45) is 0 Å². The van der Waals surface area contributed by atoms with Gasteiger partial charge in [0.2, 0.25) is 5.91 Å². The Balaban J connectivity index is 1.89. The number of nitrogens with one attached hydrogen (secondary N) is 2. The average Bonchev–Trinajstić information content (AvgIpc) is 2.58. The summed E-state index contributed by atoms with van der Waals surface area (Å²) in [6, 6.07) is 7.53. The first-order valence-corrected chi connectivity index (χ1v) is 8.27. The summed E-state index contributed by atoms with van der Waals surface area (Å²) in [4.78, 5) is 23.9. The molecule has 0 aliphatic carbocycles. The first-order chi connectivity index (χ1) is 11.9. The van der Waals surface area contributed by atoms with Crippen LogP contribution in [0.3, 0.4) is 0 Å². The van der Waals surface area contributed by atoms with E-state index in [0.717, 1.165) is 23.9 Å². The number of rotatable bonds is 5. The summed E-state index contributed by atoms with van der Waals surface area (Å²) in [6.07, 6.45) is 0. The molecule has 0 aliphatic rings. The van der Waals surface area contributed by atoms with Crippen molar-refractivity contribution < 1.29 is 23.1 Å². The van der Waals surface area contributed by atoms with Crippen LogP contribution in [0.25, 0.3) is 0 Å². The van der Waals surface area contributed by atoms with Crippen molar-refractivity contribution >= 4 is 35.2 Å². The fourth-order valence-electron chi connectivity index (χ4n) is 1.82. The third-order valence-corrected chi connectivity index (χ3v) is 4.26. The third kappa shape index (κ3) is 5.33. The first-order valence-electron chi connectivity index (χ1n) is 6.91. The normalized spacial score (nSPS) is 10.2. The fraction of sp³-hybridized carbons (Fsp3) is 0.125. The van der Waals surface area contributed by atoms with Gasteiger partial charge in [0.05, 0.1) is 18.4 Å². The predicted octanol–water partition coefficient (Wildman–Crippen LogP) is 3.18. The number of carbonyl (C=O) groups excluding carboxylic acids is 2. The summed E-state index contributed by atoms with van der Waals surface area (Å²) < 4.78 is 31.3. The van der Waals surface area contributed by atoms with E-state index in [1.165, 1.54) is 25.3 Å². The Kier molecular flexibility index (Phi) is 6.60. The molecule has 0 saturated heterocycles. The quantitative estimate of drug-likeness (QED) is 0.612. The summed E-state index contributed by atoms with van der Waals surface area (Å²) in [5.41, 5.74) is 4.56. The van der Waals surface area contributed by atoms with E-state index in [2.05, 4.69) is 10.9 Å². The lowest BCUT2D eigenvalue weighted by atomic mass is 10.2. The topological polar surface area (TPSA) is 67.4 Å². The molecule has 0 bridgehead atoms. The van der Waals surface area contributed by atoms with Crippen LogP contribution in [0.15, 0.2) is 41.3 Å². The lowest BCUT2D eigenvalue weighted by Crippen LogP contribution is -2.42. The molecule has 0 saturated carbocycles. The van der Waals surface area contributed by atoms with Crippen LogP contribution in [-0.2, 0) is 4.79 Å². The van der Waals surface area contributed by atoms with Gasteiger partial charge < -0.3 is 4.74 Å². The molecule has 0 aliphatic heterocycles. The highest BCUT2D eigenvalue weighted by atomic mass is 35.5. The molecule has 0 aromatic heterocycles. The highest BCUT2D eigenvalue weighted by molar-refractivity contribution is 8.00. The van der Waals surface area contributed by atoms with E-state index in [4.69, 9.17) is 16.3 Å². The summed E-state index contributed by atoms with van der Waals surface area (Å²) in [6.45, 7) is 0. The zero-order valence-corrected chi connectivity index (χ0v) is 14.5. The second-order valence-electron chi connectivity index (χ2n) is 4.71. The second-order valence-corrected chi connectivity index (χ2v) is 6.16. The molecule has 0 heterocycles. The summed E-state index contributed by atoms with van der Waals surface area (Å²) in [5, 5.41) is 0.333. The van der Waals surface area contributed by atoms with Gasteiger partial charge in [-0.2, -0.15) is 0 Å². The van der Waals surface area contributed by atoms with Crippen molar-refractivity contribution in [1.29, 1.82) is 0 Å². The van der Waals surface area contributed by atoms with E-state index in [-0.39, 0.29) is 16.2 Å². The molecule has 0 fully saturated rings. The Morgan fingerprint density at radius 2 is 1.92 bits per heavy atom. The van der Waals surface area contributed by atoms with Gasteiger partial charge >= 0.3 is 0 Å². The Morgan fingerprint density at radius 1 is 1.16 bits per heavy atom. The standard InChI is InChI=1S/C16H13ClF2N2O3S/c1-24-13-4-2-9(17)6-11(13)16(23)21-20-15(22)8-25-14-5-3-10(18)7-12(14)19/h2-7H,8H2,1H3,(H,20,22)(H,21,23). The summed E-state index contributed by atoms with van der Waals surface area (Å²) in [7, 11) is 1.40. The van der Waals surface area contributed by atoms with Gasteiger partial charge in [0.1, 0.15) is 17.4 Å². The van der Waals surface area contributed by atoms with Crippen molar-refractivity contribution in [2.45, 2.75) is 4.90 Å². The molecule has 0 radical (unpaired) electrons. The second kappa shape index (κ2) is 8.68. The lowest BCUT2D eigenvalue weighted by Gasteiger charge is -2.10. The van der Waals surface area contributed by atoms with Gasteiger partial charge in [-0.05, 0) is 30.3 Å². The molecule has 2 aromatic rings. The van der Waals surface area contributed by atoms with Crippen LogP contribution in [0.4, 0.5) is 8.78 Å². The molecular formula is C16H13ClF2N2O3S. The molecular weight excluding hydrogens is 374 g/mol. The van der Waals surface area contributed by atoms with Crippen LogP contribution in [0.1, 0.15) is 10.4 Å². The van der Waals surface area contributed by atoms with E-state index in [0.29, 0.717) is 10.8 Å². The van der Waals surface area contributed by atoms with Crippen LogP contribution in [0.2, 0.25) is 5.02 Å².